The van der Waals surface area contributed by atoms with Crippen LogP contribution in [0.3, 0.4) is 0 Å². The predicted molar refractivity (Wildman–Crippen MR) is 281 cm³/mol. The highest BCUT2D eigenvalue weighted by Gasteiger charge is 2.53. The molecule has 4 aliphatic rings. The zero-order valence-corrected chi connectivity index (χ0v) is 46.2. The van der Waals surface area contributed by atoms with Gasteiger partial charge in [-0.25, -0.2) is 4.79 Å². The minimum Gasteiger partial charge on any atom is -0.460 e. The number of piperidine rings is 1. The maximum Gasteiger partial charge on any atom is 0.329 e. The molecule has 0 unspecified atom stereocenters. The number of aromatic nitrogens is 2. The van der Waals surface area contributed by atoms with Gasteiger partial charge in [-0.1, -0.05) is 71.1 Å². The van der Waals surface area contributed by atoms with Crippen LogP contribution in [0.1, 0.15) is 131 Å². The molecule has 2 N–H and O–H groups in total. The van der Waals surface area contributed by atoms with Crippen LogP contribution in [0, 0.1) is 35.5 Å². The molecular formula is C58H87N3O14. The van der Waals surface area contributed by atoms with E-state index in [-0.39, 0.29) is 73.9 Å². The molecule has 15 atom stereocenters. The van der Waals surface area contributed by atoms with Crippen LogP contribution in [0.4, 0.5) is 0 Å². The van der Waals surface area contributed by atoms with Crippen LogP contribution in [0.15, 0.2) is 66.2 Å². The number of ketones is 3. The van der Waals surface area contributed by atoms with Gasteiger partial charge < -0.3 is 48.3 Å². The second-order valence-electron chi connectivity index (χ2n) is 21.7. The average Bonchev–Trinajstić information content (AvgIpc) is 3.40. The van der Waals surface area contributed by atoms with Crippen LogP contribution in [0.2, 0.25) is 0 Å². The first kappa shape index (κ1) is 61.5. The number of hydrogen-bond acceptors (Lipinski definition) is 16. The number of carbonyl (C=O) groups is 5. The molecule has 17 nitrogen and oxygen atoms in total. The van der Waals surface area contributed by atoms with Crippen molar-refractivity contribution in [2.45, 2.75) is 187 Å². The third kappa shape index (κ3) is 17.3. The van der Waals surface area contributed by atoms with E-state index in [1.807, 2.05) is 58.1 Å². The number of hydrogen-bond donors (Lipinski definition) is 2. The highest BCUT2D eigenvalue weighted by Crippen LogP contribution is 2.38. The van der Waals surface area contributed by atoms with Crippen LogP contribution < -0.4 is 0 Å². The van der Waals surface area contributed by atoms with E-state index in [1.165, 1.54) is 12.0 Å². The normalized spacial score (nSPS) is 36.6. The van der Waals surface area contributed by atoms with Gasteiger partial charge in [-0.3, -0.25) is 29.1 Å². The fraction of sp³-hybridized carbons (Fsp3) is 0.707. The molecule has 5 rings (SSSR count). The maximum absolute atomic E-state index is 14.6. The van der Waals surface area contributed by atoms with Crippen molar-refractivity contribution in [3.63, 3.8) is 0 Å². The minimum atomic E-state index is -2.49. The molecule has 3 fully saturated rings. The predicted octanol–water partition coefficient (Wildman–Crippen LogP) is 7.21. The van der Waals surface area contributed by atoms with Crippen molar-refractivity contribution in [1.29, 1.82) is 0 Å². The molecule has 75 heavy (non-hydrogen) atoms. The van der Waals surface area contributed by atoms with Crippen LogP contribution in [0.5, 0.6) is 0 Å². The van der Waals surface area contributed by atoms with Crippen molar-refractivity contribution in [1.82, 2.24) is 14.9 Å². The number of Topliss-reactive ketones (excluding diaryl/α,β-unsaturated/α-hetero) is 3. The van der Waals surface area contributed by atoms with Gasteiger partial charge in [-0.2, -0.15) is 0 Å². The van der Waals surface area contributed by atoms with Gasteiger partial charge in [0.05, 0.1) is 56.1 Å². The smallest absolute Gasteiger partial charge is 0.329 e. The topological polar surface area (TPSA) is 219 Å². The lowest BCUT2D eigenvalue weighted by Gasteiger charge is -2.43. The second kappa shape index (κ2) is 30.0. The molecule has 17 heteroatoms. The van der Waals surface area contributed by atoms with E-state index in [0.29, 0.717) is 69.4 Å². The summed E-state index contributed by atoms with van der Waals surface area (Å²) in [7, 11) is 4.67. The Hall–Kier alpha value is -4.33. The van der Waals surface area contributed by atoms with E-state index in [4.69, 9.17) is 33.2 Å². The van der Waals surface area contributed by atoms with E-state index in [9.17, 15) is 34.2 Å². The first-order valence-electron chi connectivity index (χ1n) is 27.2. The Labute approximate surface area is 445 Å². The van der Waals surface area contributed by atoms with Crippen molar-refractivity contribution >= 4 is 29.2 Å². The number of allylic oxidation sites excluding steroid dienone is 6. The molecule has 1 aromatic heterocycles. The molecule has 1 aromatic rings. The van der Waals surface area contributed by atoms with Crippen molar-refractivity contribution in [2.24, 2.45) is 35.5 Å². The van der Waals surface area contributed by atoms with Gasteiger partial charge in [0.15, 0.2) is 5.78 Å². The van der Waals surface area contributed by atoms with Crippen molar-refractivity contribution in [3.05, 3.63) is 71.9 Å². The van der Waals surface area contributed by atoms with E-state index >= 15 is 0 Å². The summed E-state index contributed by atoms with van der Waals surface area (Å²) in [6.07, 6.45) is 16.6. The van der Waals surface area contributed by atoms with Gasteiger partial charge in [0, 0.05) is 70.9 Å². The molecule has 2 saturated heterocycles. The van der Waals surface area contributed by atoms with E-state index in [1.54, 1.807) is 59.7 Å². The Bertz CT molecular complexity index is 2150. The monoisotopic (exact) mass is 1050 g/mol. The number of ether oxygens (including phenoxy) is 7. The standard InChI is InChI=1S/C58H87N3O14/c1-36-16-12-11-13-17-37(2)49(73-35-44-34-59-23-24-60-44)32-45-21-19-42(7)58(68,75-45)55(65)56(66)61-25-15-14-18-46(61)57(67)74-50(39(4)30-43-20-22-48(51(31-43)70-9)72-27-26-69-8)33-47(62)38(3)29-41(6)53(64)54(71-10)52(63)40(5)28-36/h11-13,16-17,23-24,29,34,36,38-40,42-43,45-46,48-51,53-54,64,68H,14-15,18-22,25-28,30-33,35H2,1-10H3/b13-11+,16-12+,37-17+,41-29+/t36-,38-,39-,40-,42-,43+,45+,46+,48-,49+,50+,51-,53-,54+,58-/m1/s1. The lowest BCUT2D eigenvalue weighted by Crippen LogP contribution is -2.61. The summed E-state index contributed by atoms with van der Waals surface area (Å²) < 4.78 is 41.9. The number of carbonyl (C=O) groups excluding carboxylic acids is 5. The molecule has 0 spiro atoms. The van der Waals surface area contributed by atoms with Gasteiger partial charge in [0.2, 0.25) is 5.79 Å². The van der Waals surface area contributed by atoms with Crippen LogP contribution in [-0.4, -0.2) is 150 Å². The minimum absolute atomic E-state index is 0.0115. The zero-order valence-electron chi connectivity index (χ0n) is 46.2. The number of rotatable bonds is 12. The van der Waals surface area contributed by atoms with Crippen molar-refractivity contribution < 1.29 is 67.3 Å². The van der Waals surface area contributed by atoms with E-state index in [2.05, 4.69) is 9.97 Å². The summed E-state index contributed by atoms with van der Waals surface area (Å²) in [4.78, 5) is 81.5. The summed E-state index contributed by atoms with van der Waals surface area (Å²) in [5.74, 6) is -8.11. The molecule has 1 saturated carbocycles. The van der Waals surface area contributed by atoms with Gasteiger partial charge >= 0.3 is 5.97 Å². The zero-order chi connectivity index (χ0) is 54.8. The average molecular weight is 1050 g/mol. The SMILES string of the molecule is COCCO[C@@H]1CC[C@@H](C[C@@H](C)[C@@H]2CC(=O)[C@H](C)/C=C(\C)[C@@H](O)[C@@H](OC)C(=O)[C@H](C)C[C@H](C)/C=C/C=C/C=C(\C)[C@@H](OCc3cnccn3)C[C@@H]3CC[C@@H](C)[C@@](O)(O3)C(=O)C(=O)N3CCCC[C@H]3C(=O)O2)C[C@H]1OC. The van der Waals surface area contributed by atoms with Gasteiger partial charge in [-0.15, -0.1) is 0 Å². The Balaban J connectivity index is 1.48. The van der Waals surface area contributed by atoms with E-state index < -0.39 is 77.8 Å². The summed E-state index contributed by atoms with van der Waals surface area (Å²) in [6, 6.07) is -1.16. The molecule has 418 valence electrons. The molecule has 4 heterocycles. The Morgan fingerprint density at radius 3 is 2.33 bits per heavy atom. The Kier molecular flexibility index (Phi) is 24.6. The molecule has 1 aliphatic carbocycles. The number of aliphatic hydroxyl groups is 2. The fourth-order valence-corrected chi connectivity index (χ4v) is 11.1. The lowest BCUT2D eigenvalue weighted by atomic mass is 9.78. The largest absolute Gasteiger partial charge is 0.460 e. The van der Waals surface area contributed by atoms with Crippen LogP contribution >= 0.6 is 0 Å². The number of amides is 1. The highest BCUT2D eigenvalue weighted by molar-refractivity contribution is 6.39. The number of esters is 1. The lowest BCUT2D eigenvalue weighted by molar-refractivity contribution is -0.266. The van der Waals surface area contributed by atoms with Crippen LogP contribution in [0.25, 0.3) is 0 Å². The molecule has 0 radical (unpaired) electrons. The highest BCUT2D eigenvalue weighted by atomic mass is 16.6. The van der Waals surface area contributed by atoms with Gasteiger partial charge in [-0.05, 0) is 107 Å². The Morgan fingerprint density at radius 2 is 1.63 bits per heavy atom. The number of aliphatic hydroxyl groups excluding tert-OH is 1. The van der Waals surface area contributed by atoms with Crippen molar-refractivity contribution in [2.75, 3.05) is 41.1 Å². The first-order valence-corrected chi connectivity index (χ1v) is 27.2. The molecule has 1 amide bonds. The number of fused-ring (bicyclic) bond motifs is 3. The van der Waals surface area contributed by atoms with Gasteiger partial charge in [0.25, 0.3) is 11.7 Å². The molecule has 2 bridgehead atoms. The molecule has 3 aliphatic heterocycles. The summed E-state index contributed by atoms with van der Waals surface area (Å²) in [6.45, 7) is 13.8. The number of cyclic esters (lactones) is 1. The second-order valence-corrected chi connectivity index (χ2v) is 21.7. The maximum atomic E-state index is 14.6. The molecule has 0 aromatic carbocycles. The Morgan fingerprint density at radius 1 is 0.853 bits per heavy atom. The van der Waals surface area contributed by atoms with Crippen LogP contribution in [-0.2, 0) is 63.7 Å². The third-order valence-corrected chi connectivity index (χ3v) is 15.8. The molecular weight excluding hydrogens is 963 g/mol. The first-order chi connectivity index (χ1) is 35.8. The number of methoxy groups -OCH3 is 3. The fourth-order valence-electron chi connectivity index (χ4n) is 11.1. The number of nitrogens with zero attached hydrogens (tertiary/aromatic N) is 3. The third-order valence-electron chi connectivity index (χ3n) is 15.8. The van der Waals surface area contributed by atoms with Crippen molar-refractivity contribution in [3.8, 4) is 0 Å². The summed E-state index contributed by atoms with van der Waals surface area (Å²) in [5, 5.41) is 23.8. The summed E-state index contributed by atoms with van der Waals surface area (Å²) in [5.41, 5.74) is 1.82. The van der Waals surface area contributed by atoms with Gasteiger partial charge in [0.1, 0.15) is 30.1 Å². The summed E-state index contributed by atoms with van der Waals surface area (Å²) >= 11 is 0. The quantitative estimate of drug-likeness (QED) is 0.0914. The van der Waals surface area contributed by atoms with E-state index in [0.717, 1.165) is 18.4 Å².